The maximum absolute atomic E-state index is 11.8. The standard InChI is InChI=1S/C18H36N2O3S/c1-2-3-4-5-6-7-11-14-24-15-16(18(22)23)20-17(21)12-9-8-10-13-19/h16H,2-15,19H2,1H3,(H,20,21)(H,22,23)/t16-/m0/s1. The Balaban J connectivity index is 3.69. The molecule has 0 fully saturated rings. The van der Waals surface area contributed by atoms with Gasteiger partial charge in [0.2, 0.25) is 5.91 Å². The topological polar surface area (TPSA) is 92.4 Å². The molecule has 0 heterocycles. The highest BCUT2D eigenvalue weighted by Crippen LogP contribution is 2.12. The second kappa shape index (κ2) is 17.1. The van der Waals surface area contributed by atoms with E-state index in [-0.39, 0.29) is 5.91 Å². The van der Waals surface area contributed by atoms with E-state index in [1.807, 2.05) is 0 Å². The number of hydrogen-bond acceptors (Lipinski definition) is 4. The second-order valence-corrected chi connectivity index (χ2v) is 7.40. The lowest BCUT2D eigenvalue weighted by Gasteiger charge is -2.14. The van der Waals surface area contributed by atoms with E-state index >= 15 is 0 Å². The number of carboxylic acid groups (broad SMARTS) is 1. The molecule has 0 aliphatic carbocycles. The van der Waals surface area contributed by atoms with Crippen LogP contribution >= 0.6 is 11.8 Å². The minimum absolute atomic E-state index is 0.170. The van der Waals surface area contributed by atoms with E-state index in [0.717, 1.165) is 31.4 Å². The molecule has 0 saturated carbocycles. The Labute approximate surface area is 151 Å². The quantitative estimate of drug-likeness (QED) is 0.345. The van der Waals surface area contributed by atoms with Crippen molar-refractivity contribution >= 4 is 23.6 Å². The van der Waals surface area contributed by atoms with Gasteiger partial charge in [-0.1, -0.05) is 51.9 Å². The van der Waals surface area contributed by atoms with Crippen LogP contribution in [0, 0.1) is 0 Å². The molecule has 1 atom stereocenters. The summed E-state index contributed by atoms with van der Waals surface area (Å²) in [6.07, 6.45) is 11.8. The largest absolute Gasteiger partial charge is 0.480 e. The van der Waals surface area contributed by atoms with Gasteiger partial charge in [-0.25, -0.2) is 4.79 Å². The summed E-state index contributed by atoms with van der Waals surface area (Å²) in [6.45, 7) is 2.85. The zero-order chi connectivity index (χ0) is 18.0. The van der Waals surface area contributed by atoms with E-state index in [1.54, 1.807) is 11.8 Å². The average molecular weight is 361 g/mol. The molecule has 0 aliphatic heterocycles. The fraction of sp³-hybridized carbons (Fsp3) is 0.889. The van der Waals surface area contributed by atoms with Crippen molar-refractivity contribution in [3.8, 4) is 0 Å². The zero-order valence-corrected chi connectivity index (χ0v) is 16.0. The van der Waals surface area contributed by atoms with Crippen LogP contribution in [0.3, 0.4) is 0 Å². The van der Waals surface area contributed by atoms with Crippen molar-refractivity contribution in [1.29, 1.82) is 0 Å². The Morgan fingerprint density at radius 1 is 1.00 bits per heavy atom. The molecule has 0 aromatic carbocycles. The summed E-state index contributed by atoms with van der Waals surface area (Å²) >= 11 is 1.62. The number of carbonyl (C=O) groups excluding carboxylic acids is 1. The van der Waals surface area contributed by atoms with Crippen molar-refractivity contribution in [3.05, 3.63) is 0 Å². The van der Waals surface area contributed by atoms with Gasteiger partial charge in [0, 0.05) is 12.2 Å². The highest BCUT2D eigenvalue weighted by Gasteiger charge is 2.19. The van der Waals surface area contributed by atoms with Gasteiger partial charge in [-0.2, -0.15) is 11.8 Å². The van der Waals surface area contributed by atoms with Gasteiger partial charge >= 0.3 is 5.97 Å². The number of carbonyl (C=O) groups is 2. The predicted octanol–water partition coefficient (Wildman–Crippen LogP) is 3.56. The van der Waals surface area contributed by atoms with Crippen molar-refractivity contribution < 1.29 is 14.7 Å². The molecular weight excluding hydrogens is 324 g/mol. The molecule has 0 bridgehead atoms. The number of rotatable bonds is 17. The Hall–Kier alpha value is -0.750. The van der Waals surface area contributed by atoms with Crippen LogP contribution in [0.5, 0.6) is 0 Å². The van der Waals surface area contributed by atoms with Crippen LogP contribution in [-0.2, 0) is 9.59 Å². The van der Waals surface area contributed by atoms with Crippen LogP contribution in [0.2, 0.25) is 0 Å². The van der Waals surface area contributed by atoms with Crippen LogP contribution in [0.4, 0.5) is 0 Å². The lowest BCUT2D eigenvalue weighted by Crippen LogP contribution is -2.42. The molecule has 1 amide bonds. The Bertz CT molecular complexity index is 327. The molecule has 0 radical (unpaired) electrons. The van der Waals surface area contributed by atoms with Gasteiger partial charge in [-0.05, 0) is 31.6 Å². The first-order valence-corrected chi connectivity index (χ1v) is 10.6. The molecule has 0 saturated heterocycles. The number of amides is 1. The van der Waals surface area contributed by atoms with Gasteiger partial charge in [0.15, 0.2) is 0 Å². The molecule has 142 valence electrons. The third-order valence-corrected chi connectivity index (χ3v) is 5.06. The van der Waals surface area contributed by atoms with Crippen molar-refractivity contribution in [2.45, 2.75) is 83.6 Å². The molecule has 0 spiro atoms. The monoisotopic (exact) mass is 360 g/mol. The van der Waals surface area contributed by atoms with Gasteiger partial charge in [0.05, 0.1) is 0 Å². The number of carboxylic acids is 1. The molecule has 0 aromatic rings. The number of nitrogens with two attached hydrogens (primary N) is 1. The highest BCUT2D eigenvalue weighted by molar-refractivity contribution is 7.99. The molecular formula is C18H36N2O3S. The smallest absolute Gasteiger partial charge is 0.327 e. The SMILES string of the molecule is CCCCCCCCCSC[C@H](NC(=O)CCCCCN)C(=O)O. The van der Waals surface area contributed by atoms with Gasteiger partial charge < -0.3 is 16.2 Å². The fourth-order valence-corrected chi connectivity index (χ4v) is 3.45. The van der Waals surface area contributed by atoms with Gasteiger partial charge in [0.1, 0.15) is 6.04 Å². The minimum atomic E-state index is -0.947. The summed E-state index contributed by atoms with van der Waals surface area (Å²) in [4.78, 5) is 23.0. The van der Waals surface area contributed by atoms with E-state index < -0.39 is 12.0 Å². The van der Waals surface area contributed by atoms with Crippen LogP contribution in [0.15, 0.2) is 0 Å². The van der Waals surface area contributed by atoms with Gasteiger partial charge in [-0.3, -0.25) is 4.79 Å². The van der Waals surface area contributed by atoms with E-state index in [9.17, 15) is 14.7 Å². The minimum Gasteiger partial charge on any atom is -0.480 e. The maximum Gasteiger partial charge on any atom is 0.327 e. The molecule has 24 heavy (non-hydrogen) atoms. The molecule has 0 aliphatic rings. The number of aliphatic carboxylic acids is 1. The van der Waals surface area contributed by atoms with E-state index in [1.165, 1.54) is 38.5 Å². The maximum atomic E-state index is 11.8. The number of thioether (sulfide) groups is 1. The number of nitrogens with one attached hydrogen (secondary N) is 1. The van der Waals surface area contributed by atoms with Crippen LogP contribution < -0.4 is 11.1 Å². The first kappa shape index (κ1) is 23.2. The predicted molar refractivity (Wildman–Crippen MR) is 102 cm³/mol. The van der Waals surface area contributed by atoms with Crippen molar-refractivity contribution in [2.24, 2.45) is 5.73 Å². The average Bonchev–Trinajstić information content (AvgIpc) is 2.56. The van der Waals surface area contributed by atoms with Crippen molar-refractivity contribution in [2.75, 3.05) is 18.1 Å². The summed E-state index contributed by atoms with van der Waals surface area (Å²) in [5.41, 5.74) is 5.40. The van der Waals surface area contributed by atoms with Crippen LogP contribution in [0.1, 0.15) is 77.6 Å². The third-order valence-electron chi connectivity index (χ3n) is 3.92. The molecule has 5 nitrogen and oxygen atoms in total. The fourth-order valence-electron chi connectivity index (χ4n) is 2.41. The Morgan fingerprint density at radius 3 is 2.25 bits per heavy atom. The molecule has 0 unspecified atom stereocenters. The highest BCUT2D eigenvalue weighted by atomic mass is 32.2. The molecule has 6 heteroatoms. The van der Waals surface area contributed by atoms with Gasteiger partial charge in [0.25, 0.3) is 0 Å². The normalized spacial score (nSPS) is 12.1. The number of hydrogen-bond donors (Lipinski definition) is 3. The summed E-state index contributed by atoms with van der Waals surface area (Å²) in [7, 11) is 0. The Morgan fingerprint density at radius 2 is 1.62 bits per heavy atom. The van der Waals surface area contributed by atoms with E-state index in [0.29, 0.717) is 18.7 Å². The van der Waals surface area contributed by atoms with Crippen LogP contribution in [0.25, 0.3) is 0 Å². The number of unbranched alkanes of at least 4 members (excludes halogenated alkanes) is 8. The lowest BCUT2D eigenvalue weighted by atomic mass is 10.1. The van der Waals surface area contributed by atoms with E-state index in [4.69, 9.17) is 5.73 Å². The summed E-state index contributed by atoms with van der Waals surface area (Å²) < 4.78 is 0. The first-order valence-electron chi connectivity index (χ1n) is 9.41. The second-order valence-electron chi connectivity index (χ2n) is 6.25. The summed E-state index contributed by atoms with van der Waals surface area (Å²) in [5, 5.41) is 11.8. The lowest BCUT2D eigenvalue weighted by molar-refractivity contribution is -0.141. The van der Waals surface area contributed by atoms with Crippen LogP contribution in [-0.4, -0.2) is 41.1 Å². The zero-order valence-electron chi connectivity index (χ0n) is 15.2. The first-order chi connectivity index (χ1) is 11.6. The van der Waals surface area contributed by atoms with Crippen molar-refractivity contribution in [1.82, 2.24) is 5.32 Å². The molecule has 0 aromatic heterocycles. The molecule has 4 N–H and O–H groups in total. The third kappa shape index (κ3) is 14.8. The Kier molecular flexibility index (Phi) is 16.6. The summed E-state index contributed by atoms with van der Waals surface area (Å²) in [5.74, 6) is 0.289. The van der Waals surface area contributed by atoms with Crippen molar-refractivity contribution in [3.63, 3.8) is 0 Å². The van der Waals surface area contributed by atoms with Gasteiger partial charge in [-0.15, -0.1) is 0 Å². The summed E-state index contributed by atoms with van der Waals surface area (Å²) in [6, 6.07) is -0.776. The molecule has 0 rings (SSSR count). The van der Waals surface area contributed by atoms with E-state index in [2.05, 4.69) is 12.2 Å².